The largest absolute Gasteiger partial charge is 0.361 e. The molecule has 0 aliphatic carbocycles. The molecule has 0 spiro atoms. The molecule has 1 heterocycles. The van der Waals surface area contributed by atoms with E-state index < -0.39 is 0 Å². The second-order valence-electron chi connectivity index (χ2n) is 3.63. The Morgan fingerprint density at radius 2 is 2.19 bits per heavy atom. The number of hydrogen-bond donors (Lipinski definition) is 2. The van der Waals surface area contributed by atoms with Crippen molar-refractivity contribution in [1.82, 2.24) is 10.3 Å². The van der Waals surface area contributed by atoms with Gasteiger partial charge in [-0.05, 0) is 17.7 Å². The van der Waals surface area contributed by atoms with Crippen LogP contribution in [0.25, 0.3) is 10.9 Å². The third-order valence-electron chi connectivity index (χ3n) is 2.36. The number of H-pyrrole nitrogens is 1. The van der Waals surface area contributed by atoms with Crippen molar-refractivity contribution in [2.24, 2.45) is 0 Å². The Balaban J connectivity index is 2.37. The van der Waals surface area contributed by atoms with E-state index in [1.165, 1.54) is 13.0 Å². The number of pyridine rings is 1. The molecular formula is C12H12N2O2. The third kappa shape index (κ3) is 2.11. The molecule has 2 rings (SSSR count). The molecule has 82 valence electrons. The van der Waals surface area contributed by atoms with Crippen molar-refractivity contribution in [3.05, 3.63) is 46.2 Å². The number of aromatic amines is 1. The van der Waals surface area contributed by atoms with Gasteiger partial charge >= 0.3 is 0 Å². The molecule has 16 heavy (non-hydrogen) atoms. The Morgan fingerprint density at radius 1 is 1.38 bits per heavy atom. The summed E-state index contributed by atoms with van der Waals surface area (Å²) in [5, 5.41) is 3.37. The van der Waals surface area contributed by atoms with E-state index >= 15 is 0 Å². The molecule has 2 N–H and O–H groups in total. The highest BCUT2D eigenvalue weighted by atomic mass is 16.1. The van der Waals surface area contributed by atoms with Gasteiger partial charge in [0.15, 0.2) is 5.43 Å². The number of carbonyl (C=O) groups is 1. The summed E-state index contributed by atoms with van der Waals surface area (Å²) in [6, 6.07) is 6.97. The lowest BCUT2D eigenvalue weighted by molar-refractivity contribution is -0.119. The number of benzene rings is 1. The van der Waals surface area contributed by atoms with E-state index in [-0.39, 0.29) is 11.3 Å². The predicted octanol–water partition coefficient (Wildman–Crippen LogP) is 1.16. The van der Waals surface area contributed by atoms with Crippen LogP contribution < -0.4 is 10.7 Å². The van der Waals surface area contributed by atoms with Crippen LogP contribution in [-0.2, 0) is 11.3 Å². The summed E-state index contributed by atoms with van der Waals surface area (Å²) in [6.45, 7) is 1.95. The number of amides is 1. The van der Waals surface area contributed by atoms with Crippen LogP contribution in [0.1, 0.15) is 12.5 Å². The van der Waals surface area contributed by atoms with Gasteiger partial charge in [-0.3, -0.25) is 9.59 Å². The molecule has 0 fully saturated rings. The fourth-order valence-electron chi connectivity index (χ4n) is 1.56. The van der Waals surface area contributed by atoms with E-state index in [1.54, 1.807) is 12.3 Å². The molecule has 4 heteroatoms. The lowest BCUT2D eigenvalue weighted by Gasteiger charge is -2.03. The Hall–Kier alpha value is -2.10. The van der Waals surface area contributed by atoms with Crippen molar-refractivity contribution >= 4 is 16.8 Å². The molecule has 0 aliphatic heterocycles. The number of carbonyl (C=O) groups excluding carboxylic acids is 1. The zero-order valence-corrected chi connectivity index (χ0v) is 8.91. The normalized spacial score (nSPS) is 10.3. The average Bonchev–Trinajstić information content (AvgIpc) is 2.26. The smallest absolute Gasteiger partial charge is 0.217 e. The topological polar surface area (TPSA) is 62.0 Å². The van der Waals surface area contributed by atoms with Crippen LogP contribution in [0.4, 0.5) is 0 Å². The number of nitrogens with one attached hydrogen (secondary N) is 2. The average molecular weight is 216 g/mol. The van der Waals surface area contributed by atoms with Gasteiger partial charge in [-0.25, -0.2) is 0 Å². The third-order valence-corrected chi connectivity index (χ3v) is 2.36. The molecule has 1 amide bonds. The van der Waals surface area contributed by atoms with Crippen molar-refractivity contribution < 1.29 is 4.79 Å². The molecule has 0 atom stereocenters. The van der Waals surface area contributed by atoms with Gasteiger partial charge in [0, 0.05) is 36.6 Å². The summed E-state index contributed by atoms with van der Waals surface area (Å²) < 4.78 is 0. The van der Waals surface area contributed by atoms with E-state index in [1.807, 2.05) is 12.1 Å². The van der Waals surface area contributed by atoms with Gasteiger partial charge in [0.1, 0.15) is 0 Å². The van der Waals surface area contributed by atoms with Gasteiger partial charge in [0.25, 0.3) is 0 Å². The van der Waals surface area contributed by atoms with Crippen molar-refractivity contribution in [2.45, 2.75) is 13.5 Å². The fourth-order valence-corrected chi connectivity index (χ4v) is 1.56. The molecule has 0 aliphatic rings. The lowest BCUT2D eigenvalue weighted by Crippen LogP contribution is -2.18. The Bertz CT molecular complexity index is 587. The SMILES string of the molecule is CC(=O)NCc1ccc2c(=O)cc[nH]c2c1. The summed E-state index contributed by atoms with van der Waals surface area (Å²) in [6.07, 6.45) is 1.62. The molecule has 2 aromatic rings. The zero-order chi connectivity index (χ0) is 11.5. The maximum Gasteiger partial charge on any atom is 0.217 e. The maximum absolute atomic E-state index is 11.5. The fraction of sp³-hybridized carbons (Fsp3) is 0.167. The van der Waals surface area contributed by atoms with Crippen molar-refractivity contribution in [3.8, 4) is 0 Å². The van der Waals surface area contributed by atoms with E-state index in [4.69, 9.17) is 0 Å². The first kappa shape index (κ1) is 10.4. The van der Waals surface area contributed by atoms with Crippen LogP contribution in [-0.4, -0.2) is 10.9 Å². The number of fused-ring (bicyclic) bond motifs is 1. The first-order valence-electron chi connectivity index (χ1n) is 5.01. The van der Waals surface area contributed by atoms with Gasteiger partial charge in [0.05, 0.1) is 0 Å². The second kappa shape index (κ2) is 4.18. The summed E-state index contributed by atoms with van der Waals surface area (Å²) in [4.78, 5) is 25.2. The minimum absolute atomic E-state index is 0.000160. The quantitative estimate of drug-likeness (QED) is 0.791. The molecule has 0 saturated heterocycles. The highest BCUT2D eigenvalue weighted by Crippen LogP contribution is 2.09. The van der Waals surface area contributed by atoms with Crippen LogP contribution in [0, 0.1) is 0 Å². The Kier molecular flexibility index (Phi) is 2.72. The van der Waals surface area contributed by atoms with Gasteiger partial charge in [-0.1, -0.05) is 6.07 Å². The number of rotatable bonds is 2. The monoisotopic (exact) mass is 216 g/mol. The molecule has 0 bridgehead atoms. The first-order valence-corrected chi connectivity index (χ1v) is 5.01. The first-order chi connectivity index (χ1) is 7.66. The highest BCUT2D eigenvalue weighted by molar-refractivity contribution is 5.79. The predicted molar refractivity (Wildman–Crippen MR) is 62.1 cm³/mol. The van der Waals surface area contributed by atoms with E-state index in [2.05, 4.69) is 10.3 Å². The van der Waals surface area contributed by atoms with Gasteiger partial charge in [-0.2, -0.15) is 0 Å². The maximum atomic E-state index is 11.5. The van der Waals surface area contributed by atoms with Gasteiger partial charge in [0.2, 0.25) is 5.91 Å². The van der Waals surface area contributed by atoms with Crippen LogP contribution in [0.2, 0.25) is 0 Å². The molecule has 1 aromatic heterocycles. The minimum Gasteiger partial charge on any atom is -0.361 e. The Labute approximate surface area is 92.3 Å². The van der Waals surface area contributed by atoms with Gasteiger partial charge < -0.3 is 10.3 Å². The Morgan fingerprint density at radius 3 is 2.94 bits per heavy atom. The van der Waals surface area contributed by atoms with E-state index in [0.29, 0.717) is 11.9 Å². The van der Waals surface area contributed by atoms with Crippen molar-refractivity contribution in [2.75, 3.05) is 0 Å². The van der Waals surface area contributed by atoms with E-state index in [0.717, 1.165) is 11.1 Å². The number of hydrogen-bond acceptors (Lipinski definition) is 2. The van der Waals surface area contributed by atoms with Crippen LogP contribution in [0.15, 0.2) is 35.3 Å². The standard InChI is InChI=1S/C12H12N2O2/c1-8(15)14-7-9-2-3-10-11(6-9)13-5-4-12(10)16/h2-6H,7H2,1H3,(H,13,16)(H,14,15). The molecule has 4 nitrogen and oxygen atoms in total. The minimum atomic E-state index is -0.0679. The summed E-state index contributed by atoms with van der Waals surface area (Å²) >= 11 is 0. The van der Waals surface area contributed by atoms with Crippen molar-refractivity contribution in [1.29, 1.82) is 0 Å². The molecule has 1 aromatic carbocycles. The van der Waals surface area contributed by atoms with Crippen LogP contribution in [0.5, 0.6) is 0 Å². The molecule has 0 saturated carbocycles. The van der Waals surface area contributed by atoms with E-state index in [9.17, 15) is 9.59 Å². The van der Waals surface area contributed by atoms with Crippen LogP contribution >= 0.6 is 0 Å². The highest BCUT2D eigenvalue weighted by Gasteiger charge is 2.00. The summed E-state index contributed by atoms with van der Waals surface area (Å²) in [7, 11) is 0. The molecule has 0 radical (unpaired) electrons. The molecular weight excluding hydrogens is 204 g/mol. The zero-order valence-electron chi connectivity index (χ0n) is 8.91. The van der Waals surface area contributed by atoms with Crippen LogP contribution in [0.3, 0.4) is 0 Å². The summed E-state index contributed by atoms with van der Waals surface area (Å²) in [5.41, 5.74) is 1.75. The second-order valence-corrected chi connectivity index (χ2v) is 3.63. The van der Waals surface area contributed by atoms with Crippen molar-refractivity contribution in [3.63, 3.8) is 0 Å². The number of aromatic nitrogens is 1. The molecule has 0 unspecified atom stereocenters. The lowest BCUT2D eigenvalue weighted by atomic mass is 10.1. The summed E-state index contributed by atoms with van der Waals surface area (Å²) in [5.74, 6) is -0.0679. The van der Waals surface area contributed by atoms with Gasteiger partial charge in [-0.15, -0.1) is 0 Å².